The largest absolute Gasteiger partial charge is 0.494 e. The van der Waals surface area contributed by atoms with Crippen molar-refractivity contribution in [2.24, 2.45) is 0 Å². The predicted octanol–water partition coefficient (Wildman–Crippen LogP) is 6.39. The van der Waals surface area contributed by atoms with E-state index in [9.17, 15) is 4.79 Å². The first-order valence-corrected chi connectivity index (χ1v) is 11.2. The molecule has 30 heavy (non-hydrogen) atoms. The van der Waals surface area contributed by atoms with Crippen LogP contribution in [0.1, 0.15) is 50.1 Å². The molecule has 0 radical (unpaired) electrons. The quantitative estimate of drug-likeness (QED) is 0.480. The average molecular weight is 423 g/mol. The second kappa shape index (κ2) is 9.43. The number of nitrogens with zero attached hydrogens (tertiary/aromatic N) is 1. The monoisotopic (exact) mass is 422 g/mol. The lowest BCUT2D eigenvalue weighted by Gasteiger charge is -2.19. The first kappa shape index (κ1) is 22.0. The highest BCUT2D eigenvalue weighted by Crippen LogP contribution is 2.31. The molecule has 5 heteroatoms. The molecular formula is C25H30N2O2S. The summed E-state index contributed by atoms with van der Waals surface area (Å²) < 4.78 is 5.50. The summed E-state index contributed by atoms with van der Waals surface area (Å²) in [6, 6.07) is 16.4. The van der Waals surface area contributed by atoms with Gasteiger partial charge in [0, 0.05) is 16.9 Å². The van der Waals surface area contributed by atoms with Gasteiger partial charge >= 0.3 is 0 Å². The Hall–Kier alpha value is -2.66. The number of hydrogen-bond donors (Lipinski definition) is 1. The van der Waals surface area contributed by atoms with Crippen LogP contribution in [0.4, 0.5) is 5.13 Å². The number of carbonyl (C=O) groups excluding carboxylic acids is 1. The average Bonchev–Trinajstić information content (AvgIpc) is 3.07. The molecule has 1 N–H and O–H groups in total. The van der Waals surface area contributed by atoms with E-state index < -0.39 is 0 Å². The van der Waals surface area contributed by atoms with E-state index in [4.69, 9.17) is 4.74 Å². The van der Waals surface area contributed by atoms with E-state index in [0.717, 1.165) is 21.9 Å². The molecule has 0 aliphatic rings. The molecule has 0 unspecified atom stereocenters. The third-order valence-corrected chi connectivity index (χ3v) is 5.83. The number of thiazole rings is 1. The Morgan fingerprint density at radius 2 is 1.73 bits per heavy atom. The van der Waals surface area contributed by atoms with Gasteiger partial charge in [-0.2, -0.15) is 0 Å². The number of ether oxygens (including phenoxy) is 1. The molecule has 3 aromatic rings. The Morgan fingerprint density at radius 1 is 1.07 bits per heavy atom. The molecule has 1 aromatic heterocycles. The van der Waals surface area contributed by atoms with Crippen molar-refractivity contribution in [2.45, 2.75) is 52.9 Å². The van der Waals surface area contributed by atoms with E-state index in [1.54, 1.807) is 0 Å². The number of hydrogen-bond acceptors (Lipinski definition) is 4. The van der Waals surface area contributed by atoms with E-state index in [0.29, 0.717) is 24.6 Å². The number of aromatic nitrogens is 1. The Labute approximate surface area is 183 Å². The van der Waals surface area contributed by atoms with Gasteiger partial charge in [-0.15, -0.1) is 11.3 Å². The molecule has 0 aliphatic carbocycles. The summed E-state index contributed by atoms with van der Waals surface area (Å²) in [6.07, 6.45) is 1.15. The third kappa shape index (κ3) is 5.70. The summed E-state index contributed by atoms with van der Waals surface area (Å²) in [5.74, 6) is 0.833. The van der Waals surface area contributed by atoms with Crippen LogP contribution in [0.25, 0.3) is 11.3 Å². The lowest BCUT2D eigenvalue weighted by molar-refractivity contribution is -0.116. The fourth-order valence-corrected chi connectivity index (χ4v) is 4.06. The van der Waals surface area contributed by atoms with Crippen LogP contribution in [0.2, 0.25) is 0 Å². The molecule has 0 saturated heterocycles. The van der Waals surface area contributed by atoms with Crippen molar-refractivity contribution in [3.63, 3.8) is 0 Å². The van der Waals surface area contributed by atoms with Crippen molar-refractivity contribution in [2.75, 3.05) is 11.9 Å². The summed E-state index contributed by atoms with van der Waals surface area (Å²) >= 11 is 1.50. The molecule has 0 spiro atoms. The van der Waals surface area contributed by atoms with Crippen molar-refractivity contribution in [1.29, 1.82) is 0 Å². The van der Waals surface area contributed by atoms with Crippen molar-refractivity contribution >= 4 is 22.4 Å². The van der Waals surface area contributed by atoms with Gasteiger partial charge in [0.2, 0.25) is 5.91 Å². The van der Waals surface area contributed by atoms with Gasteiger partial charge in [0.25, 0.3) is 0 Å². The topological polar surface area (TPSA) is 51.2 Å². The van der Waals surface area contributed by atoms with E-state index in [1.807, 2.05) is 38.1 Å². The second-order valence-corrected chi connectivity index (χ2v) is 9.58. The van der Waals surface area contributed by atoms with Crippen LogP contribution in [0.15, 0.2) is 48.5 Å². The first-order chi connectivity index (χ1) is 14.3. The molecule has 1 amide bonds. The summed E-state index contributed by atoms with van der Waals surface area (Å²) in [5.41, 5.74) is 4.53. The Bertz CT molecular complexity index is 983. The van der Waals surface area contributed by atoms with E-state index in [-0.39, 0.29) is 11.3 Å². The van der Waals surface area contributed by atoms with E-state index in [2.05, 4.69) is 55.3 Å². The molecule has 0 saturated carbocycles. The molecule has 1 heterocycles. The van der Waals surface area contributed by atoms with Crippen LogP contribution in [-0.2, 0) is 16.6 Å². The zero-order chi connectivity index (χ0) is 21.7. The maximum Gasteiger partial charge on any atom is 0.226 e. The highest BCUT2D eigenvalue weighted by molar-refractivity contribution is 7.16. The van der Waals surface area contributed by atoms with Gasteiger partial charge in [-0.05, 0) is 61.1 Å². The van der Waals surface area contributed by atoms with E-state index in [1.165, 1.54) is 22.5 Å². The molecule has 158 valence electrons. The van der Waals surface area contributed by atoms with Crippen LogP contribution in [0, 0.1) is 6.92 Å². The first-order valence-electron chi connectivity index (χ1n) is 10.4. The number of amides is 1. The van der Waals surface area contributed by atoms with Crippen LogP contribution >= 0.6 is 11.3 Å². The zero-order valence-electron chi connectivity index (χ0n) is 18.4. The highest BCUT2D eigenvalue weighted by atomic mass is 32.1. The molecule has 4 nitrogen and oxygen atoms in total. The number of nitrogens with one attached hydrogen (secondary N) is 1. The SMILES string of the molecule is CCOc1ccc(-c2nc(NC(=O)CCc3ccc(C(C)(C)C)cc3)sc2C)cc1. The maximum atomic E-state index is 12.4. The number of anilines is 1. The van der Waals surface area contributed by atoms with Crippen LogP contribution in [0.3, 0.4) is 0 Å². The number of benzene rings is 2. The van der Waals surface area contributed by atoms with Gasteiger partial charge in [-0.25, -0.2) is 4.98 Å². The van der Waals surface area contributed by atoms with Crippen molar-refractivity contribution in [3.8, 4) is 17.0 Å². The normalized spacial score (nSPS) is 11.4. The van der Waals surface area contributed by atoms with E-state index >= 15 is 0 Å². The van der Waals surface area contributed by atoms with Crippen LogP contribution < -0.4 is 10.1 Å². The van der Waals surface area contributed by atoms with Crippen molar-refractivity contribution in [1.82, 2.24) is 4.98 Å². The lowest BCUT2D eigenvalue weighted by Crippen LogP contribution is -2.13. The fourth-order valence-electron chi connectivity index (χ4n) is 3.20. The smallest absolute Gasteiger partial charge is 0.226 e. The molecular weight excluding hydrogens is 392 g/mol. The highest BCUT2D eigenvalue weighted by Gasteiger charge is 2.14. The Morgan fingerprint density at radius 3 is 2.33 bits per heavy atom. The van der Waals surface area contributed by atoms with Gasteiger partial charge in [0.15, 0.2) is 5.13 Å². The van der Waals surface area contributed by atoms with Gasteiger partial charge in [-0.3, -0.25) is 4.79 Å². The van der Waals surface area contributed by atoms with Gasteiger partial charge in [-0.1, -0.05) is 45.0 Å². The summed E-state index contributed by atoms with van der Waals surface area (Å²) in [4.78, 5) is 18.1. The number of carbonyl (C=O) groups is 1. The fraction of sp³-hybridized carbons (Fsp3) is 0.360. The number of rotatable bonds is 7. The Balaban J connectivity index is 1.59. The minimum atomic E-state index is -0.0121. The minimum Gasteiger partial charge on any atom is -0.494 e. The van der Waals surface area contributed by atoms with Crippen LogP contribution in [0.5, 0.6) is 5.75 Å². The molecule has 3 rings (SSSR count). The number of aryl methyl sites for hydroxylation is 2. The minimum absolute atomic E-state index is 0.0121. The van der Waals surface area contributed by atoms with Gasteiger partial charge < -0.3 is 10.1 Å². The zero-order valence-corrected chi connectivity index (χ0v) is 19.2. The third-order valence-electron chi connectivity index (χ3n) is 4.94. The molecule has 2 aromatic carbocycles. The predicted molar refractivity (Wildman–Crippen MR) is 126 cm³/mol. The maximum absolute atomic E-state index is 12.4. The molecule has 0 bridgehead atoms. The molecule has 0 atom stereocenters. The lowest BCUT2D eigenvalue weighted by atomic mass is 9.86. The van der Waals surface area contributed by atoms with Gasteiger partial charge in [0.05, 0.1) is 12.3 Å². The van der Waals surface area contributed by atoms with Crippen molar-refractivity contribution in [3.05, 3.63) is 64.5 Å². The summed E-state index contributed by atoms with van der Waals surface area (Å²) in [7, 11) is 0. The standard InChI is InChI=1S/C25H30N2O2S/c1-6-29-21-14-10-19(11-15-21)23-17(2)30-24(27-23)26-22(28)16-9-18-7-12-20(13-8-18)25(3,4)5/h7-8,10-15H,6,9,16H2,1-5H3,(H,26,27,28). The van der Waals surface area contributed by atoms with Crippen LogP contribution in [-0.4, -0.2) is 17.5 Å². The molecule has 0 fully saturated rings. The summed E-state index contributed by atoms with van der Waals surface area (Å²) in [5, 5.41) is 3.60. The Kier molecular flexibility index (Phi) is 6.93. The second-order valence-electron chi connectivity index (χ2n) is 8.38. The summed E-state index contributed by atoms with van der Waals surface area (Å²) in [6.45, 7) is 11.2. The van der Waals surface area contributed by atoms with Crippen molar-refractivity contribution < 1.29 is 9.53 Å². The molecule has 0 aliphatic heterocycles. The van der Waals surface area contributed by atoms with Gasteiger partial charge in [0.1, 0.15) is 5.75 Å².